The van der Waals surface area contributed by atoms with Crippen molar-refractivity contribution in [1.82, 2.24) is 10.1 Å². The van der Waals surface area contributed by atoms with Gasteiger partial charge in [-0.25, -0.2) is 20.0 Å². The quantitative estimate of drug-likeness (QED) is 0.484. The molecule has 1 atom stereocenters. The van der Waals surface area contributed by atoms with Gasteiger partial charge in [0.2, 0.25) is 5.91 Å². The largest absolute Gasteiger partial charge is 0.463 e. The van der Waals surface area contributed by atoms with Crippen LogP contribution >= 0.6 is 0 Å². The lowest BCUT2D eigenvalue weighted by molar-refractivity contribution is -0.157. The average Bonchev–Trinajstić information content (AvgIpc) is 2.38. The number of nitrogens with two attached hydrogens (primary N) is 1. The van der Waals surface area contributed by atoms with Gasteiger partial charge in [0.05, 0.1) is 6.04 Å². The van der Waals surface area contributed by atoms with E-state index in [0.29, 0.717) is 23.5 Å². The van der Waals surface area contributed by atoms with Crippen LogP contribution in [-0.4, -0.2) is 27.2 Å². The summed E-state index contributed by atoms with van der Waals surface area (Å²) in [6, 6.07) is 5.12. The summed E-state index contributed by atoms with van der Waals surface area (Å²) in [6.45, 7) is 0. The number of rotatable bonds is 2. The Kier molecular flexibility index (Phi) is 3.66. The molecule has 7 heteroatoms. The Labute approximate surface area is 109 Å². The summed E-state index contributed by atoms with van der Waals surface area (Å²) in [4.78, 5) is 22.8. The number of hydrazine groups is 2. The van der Waals surface area contributed by atoms with E-state index in [9.17, 15) is 14.0 Å². The van der Waals surface area contributed by atoms with Gasteiger partial charge in [0.25, 0.3) is 0 Å². The van der Waals surface area contributed by atoms with E-state index in [1.54, 1.807) is 0 Å². The molecular formula is C12H14FN3O3. The number of hydrogen-bond donors (Lipinski definition) is 2. The predicted octanol–water partition coefficient (Wildman–Crippen LogP) is 1.65. The molecule has 2 rings (SSSR count). The van der Waals surface area contributed by atoms with Crippen LogP contribution < -0.4 is 5.84 Å². The maximum absolute atomic E-state index is 12.9. The molecule has 0 saturated carbocycles. The number of piperidine rings is 1. The van der Waals surface area contributed by atoms with Crippen molar-refractivity contribution in [2.24, 2.45) is 5.84 Å². The van der Waals surface area contributed by atoms with Crippen molar-refractivity contribution in [3.05, 3.63) is 35.6 Å². The highest BCUT2D eigenvalue weighted by Gasteiger charge is 2.34. The van der Waals surface area contributed by atoms with Crippen LogP contribution in [0.2, 0.25) is 0 Å². The van der Waals surface area contributed by atoms with Gasteiger partial charge < -0.3 is 5.11 Å². The zero-order valence-corrected chi connectivity index (χ0v) is 10.1. The van der Waals surface area contributed by atoms with Gasteiger partial charge in [-0.1, -0.05) is 12.1 Å². The molecule has 1 unspecified atom stereocenters. The molecule has 1 aliphatic heterocycles. The number of nitrogens with zero attached hydrogens (tertiary/aromatic N) is 2. The maximum atomic E-state index is 12.9. The first-order valence-corrected chi connectivity index (χ1v) is 5.86. The van der Waals surface area contributed by atoms with Crippen molar-refractivity contribution < 1.29 is 19.1 Å². The van der Waals surface area contributed by atoms with Gasteiger partial charge in [0.15, 0.2) is 0 Å². The van der Waals surface area contributed by atoms with Gasteiger partial charge >= 0.3 is 6.09 Å². The number of benzene rings is 1. The van der Waals surface area contributed by atoms with Crippen molar-refractivity contribution in [2.75, 3.05) is 0 Å². The van der Waals surface area contributed by atoms with Gasteiger partial charge in [-0.3, -0.25) is 4.79 Å². The van der Waals surface area contributed by atoms with Gasteiger partial charge in [0, 0.05) is 6.42 Å². The van der Waals surface area contributed by atoms with Crippen LogP contribution in [0.5, 0.6) is 0 Å². The van der Waals surface area contributed by atoms with E-state index < -0.39 is 12.1 Å². The number of carboxylic acid groups (broad SMARTS) is 1. The Bertz CT molecular complexity index is 491. The van der Waals surface area contributed by atoms with Crippen molar-refractivity contribution >= 4 is 12.0 Å². The third-order valence-electron chi connectivity index (χ3n) is 3.10. The molecule has 2 amide bonds. The summed E-state index contributed by atoms with van der Waals surface area (Å²) in [5.74, 6) is 4.66. The van der Waals surface area contributed by atoms with E-state index >= 15 is 0 Å². The maximum Gasteiger partial charge on any atom is 0.441 e. The SMILES string of the molecule is NN(C(=O)O)N1C(=O)CCCC1c1ccc(F)cc1. The fourth-order valence-corrected chi connectivity index (χ4v) is 2.21. The molecule has 0 bridgehead atoms. The minimum absolute atomic E-state index is 0.249. The Hall–Kier alpha value is -2.15. The van der Waals surface area contributed by atoms with Crippen molar-refractivity contribution in [1.29, 1.82) is 0 Å². The smallest absolute Gasteiger partial charge is 0.441 e. The van der Waals surface area contributed by atoms with E-state index in [0.717, 1.165) is 5.01 Å². The second-order valence-electron chi connectivity index (χ2n) is 4.33. The zero-order valence-electron chi connectivity index (χ0n) is 10.1. The number of carbonyl (C=O) groups is 2. The lowest BCUT2D eigenvalue weighted by Gasteiger charge is -2.39. The van der Waals surface area contributed by atoms with Crippen molar-refractivity contribution in [2.45, 2.75) is 25.3 Å². The fraction of sp³-hybridized carbons (Fsp3) is 0.333. The first-order valence-electron chi connectivity index (χ1n) is 5.86. The second kappa shape index (κ2) is 5.23. The molecule has 1 aromatic carbocycles. The average molecular weight is 267 g/mol. The van der Waals surface area contributed by atoms with Gasteiger partial charge in [-0.15, -0.1) is 5.12 Å². The number of carbonyl (C=O) groups excluding carboxylic acids is 1. The number of amides is 2. The topological polar surface area (TPSA) is 86.9 Å². The predicted molar refractivity (Wildman–Crippen MR) is 63.9 cm³/mol. The van der Waals surface area contributed by atoms with Crippen LogP contribution in [-0.2, 0) is 4.79 Å². The number of hydrogen-bond acceptors (Lipinski definition) is 3. The summed E-state index contributed by atoms with van der Waals surface area (Å²) in [7, 11) is 0. The van der Waals surface area contributed by atoms with Crippen LogP contribution in [0.1, 0.15) is 30.9 Å². The lowest BCUT2D eigenvalue weighted by atomic mass is 9.96. The highest BCUT2D eigenvalue weighted by atomic mass is 19.1. The normalized spacial score (nSPS) is 19.4. The highest BCUT2D eigenvalue weighted by molar-refractivity contribution is 5.79. The third-order valence-corrected chi connectivity index (χ3v) is 3.10. The molecule has 1 aliphatic rings. The summed E-state index contributed by atoms with van der Waals surface area (Å²) in [5.41, 5.74) is 0.658. The minimum atomic E-state index is -1.41. The molecule has 1 heterocycles. The van der Waals surface area contributed by atoms with E-state index in [1.807, 2.05) is 0 Å². The van der Waals surface area contributed by atoms with E-state index in [2.05, 4.69) is 0 Å². The summed E-state index contributed by atoms with van der Waals surface area (Å²) < 4.78 is 12.9. The molecule has 1 saturated heterocycles. The van der Waals surface area contributed by atoms with Crippen molar-refractivity contribution in [3.63, 3.8) is 0 Å². The van der Waals surface area contributed by atoms with E-state index in [4.69, 9.17) is 10.9 Å². The van der Waals surface area contributed by atoms with Gasteiger partial charge in [-0.05, 0) is 30.5 Å². The van der Waals surface area contributed by atoms with Gasteiger partial charge in [0.1, 0.15) is 5.82 Å². The molecule has 0 aliphatic carbocycles. The number of halogens is 1. The molecular weight excluding hydrogens is 253 g/mol. The highest BCUT2D eigenvalue weighted by Crippen LogP contribution is 2.32. The zero-order chi connectivity index (χ0) is 14.0. The Balaban J connectivity index is 2.32. The van der Waals surface area contributed by atoms with Crippen LogP contribution in [0.25, 0.3) is 0 Å². The molecule has 3 N–H and O–H groups in total. The first kappa shape index (κ1) is 13.3. The van der Waals surface area contributed by atoms with Crippen LogP contribution in [0.3, 0.4) is 0 Å². The van der Waals surface area contributed by atoms with E-state index in [1.165, 1.54) is 24.3 Å². The van der Waals surface area contributed by atoms with Crippen LogP contribution in [0, 0.1) is 5.82 Å². The molecule has 0 aromatic heterocycles. The molecule has 1 fully saturated rings. The Morgan fingerprint density at radius 3 is 2.63 bits per heavy atom. The lowest BCUT2D eigenvalue weighted by Crippen LogP contribution is -2.56. The molecule has 6 nitrogen and oxygen atoms in total. The van der Waals surface area contributed by atoms with Gasteiger partial charge in [-0.2, -0.15) is 0 Å². The summed E-state index contributed by atoms with van der Waals surface area (Å²) in [5, 5.41) is 10.3. The Morgan fingerprint density at radius 2 is 2.05 bits per heavy atom. The first-order chi connectivity index (χ1) is 9.00. The van der Waals surface area contributed by atoms with Crippen molar-refractivity contribution in [3.8, 4) is 0 Å². The monoisotopic (exact) mass is 267 g/mol. The molecule has 1 aromatic rings. The third kappa shape index (κ3) is 2.65. The summed E-state index contributed by atoms with van der Waals surface area (Å²) >= 11 is 0. The fourth-order valence-electron chi connectivity index (χ4n) is 2.21. The Morgan fingerprint density at radius 1 is 1.42 bits per heavy atom. The molecule has 19 heavy (non-hydrogen) atoms. The van der Waals surface area contributed by atoms with Crippen LogP contribution in [0.4, 0.5) is 9.18 Å². The second-order valence-corrected chi connectivity index (χ2v) is 4.33. The minimum Gasteiger partial charge on any atom is -0.463 e. The van der Waals surface area contributed by atoms with E-state index in [-0.39, 0.29) is 18.1 Å². The molecule has 0 spiro atoms. The molecule has 102 valence electrons. The standard InChI is InChI=1S/C12H14FN3O3/c13-9-6-4-8(5-7-9)10-2-1-3-11(17)15(10)16(14)12(18)19/h4-7,10H,1-3,14H2,(H,18,19). The van der Waals surface area contributed by atoms with Crippen LogP contribution in [0.15, 0.2) is 24.3 Å². The summed E-state index contributed by atoms with van der Waals surface area (Å²) in [6.07, 6.45) is 0.0596. The molecule has 0 radical (unpaired) electrons.